The van der Waals surface area contributed by atoms with Crippen LogP contribution in [0, 0.1) is 13.8 Å². The van der Waals surface area contributed by atoms with E-state index in [2.05, 4.69) is 20.6 Å². The summed E-state index contributed by atoms with van der Waals surface area (Å²) in [7, 11) is -1.79. The molecule has 0 aliphatic rings. The van der Waals surface area contributed by atoms with Crippen molar-refractivity contribution in [3.05, 3.63) is 71.0 Å². The lowest BCUT2D eigenvalue weighted by Crippen LogP contribution is -2.33. The largest absolute Gasteiger partial charge is 0.459 e. The van der Waals surface area contributed by atoms with Gasteiger partial charge in [0.2, 0.25) is 15.9 Å². The third-order valence-corrected chi connectivity index (χ3v) is 8.55. The summed E-state index contributed by atoms with van der Waals surface area (Å²) in [6, 6.07) is 11.5. The molecule has 0 spiro atoms. The Labute approximate surface area is 266 Å². The Bertz CT molecular complexity index is 1860. The molecule has 2 N–H and O–H groups in total. The number of nitrogens with one attached hydrogen (secondary N) is 2. The number of esters is 1. The number of rotatable bonds is 10. The van der Waals surface area contributed by atoms with E-state index in [1.54, 1.807) is 32.0 Å². The third kappa shape index (κ3) is 8.54. The lowest BCUT2D eigenvalue weighted by Gasteiger charge is -2.23. The molecule has 0 unspecified atom stereocenters. The molecule has 0 radical (unpaired) electrons. The van der Waals surface area contributed by atoms with E-state index in [1.807, 2.05) is 62.5 Å². The van der Waals surface area contributed by atoms with Crippen molar-refractivity contribution in [1.82, 2.24) is 19.3 Å². The van der Waals surface area contributed by atoms with Gasteiger partial charge in [0.25, 0.3) is 5.91 Å². The summed E-state index contributed by atoms with van der Waals surface area (Å²) < 4.78 is 30.4. The zero-order valence-corrected chi connectivity index (χ0v) is 27.8. The van der Waals surface area contributed by atoms with Gasteiger partial charge in [0.1, 0.15) is 18.0 Å². The van der Waals surface area contributed by atoms with Gasteiger partial charge < -0.3 is 20.3 Å². The van der Waals surface area contributed by atoms with Crippen molar-refractivity contribution in [2.45, 2.75) is 40.2 Å². The number of carbonyl (C=O) groups excluding carboxylic acids is 3. The summed E-state index contributed by atoms with van der Waals surface area (Å²) in [6.45, 7) is 8.46. The van der Waals surface area contributed by atoms with E-state index in [4.69, 9.17) is 4.74 Å². The van der Waals surface area contributed by atoms with Gasteiger partial charge in [-0.3, -0.25) is 14.4 Å². The predicted molar refractivity (Wildman–Crippen MR) is 175 cm³/mol. The molecule has 3 aromatic heterocycles. The SMILES string of the molecule is Cc1c(C(=O)NCC(=O)Nc2nc(-c3cccc(-c4ccnc(N(C)CC(=O)OC(C)(C)C)c4)c3)cs2)cn(S(C)(=O)=O)c1C. The number of nitrogens with zero attached hydrogens (tertiary/aromatic N) is 4. The smallest absolute Gasteiger partial charge is 0.326 e. The van der Waals surface area contributed by atoms with Crippen molar-refractivity contribution in [2.75, 3.05) is 36.6 Å². The standard InChI is InChI=1S/C31H36N6O6S2/c1-19-20(2)37(45(7,41)42)16-24(19)29(40)33-15-27(38)35-30-34-25(18-44-30)23-10-8-9-21(13-23)22-11-12-32-26(14-22)36(6)17-28(39)43-31(3,4)5/h8-14,16,18H,15,17H2,1-7H3,(H,33,40)(H,34,35,38). The minimum absolute atomic E-state index is 0.0563. The average Bonchev–Trinajstić information content (AvgIpc) is 3.54. The highest BCUT2D eigenvalue weighted by Gasteiger charge is 2.21. The average molecular weight is 653 g/mol. The Balaban J connectivity index is 1.39. The topological polar surface area (TPSA) is 153 Å². The van der Waals surface area contributed by atoms with E-state index in [-0.39, 0.29) is 24.6 Å². The molecular weight excluding hydrogens is 617 g/mol. The molecule has 238 valence electrons. The lowest BCUT2D eigenvalue weighted by atomic mass is 10.0. The Kier molecular flexibility index (Phi) is 9.78. The summed E-state index contributed by atoms with van der Waals surface area (Å²) in [5, 5.41) is 7.40. The van der Waals surface area contributed by atoms with Crippen molar-refractivity contribution in [1.29, 1.82) is 0 Å². The van der Waals surface area contributed by atoms with Gasteiger partial charge in [-0.15, -0.1) is 11.3 Å². The van der Waals surface area contributed by atoms with Gasteiger partial charge in [-0.2, -0.15) is 0 Å². The maximum absolute atomic E-state index is 12.7. The molecule has 0 bridgehead atoms. The van der Waals surface area contributed by atoms with Gasteiger partial charge in [0.05, 0.1) is 24.1 Å². The maximum atomic E-state index is 12.7. The lowest BCUT2D eigenvalue weighted by molar-refractivity contribution is -0.152. The zero-order valence-electron chi connectivity index (χ0n) is 26.2. The number of likely N-dealkylation sites (N-methyl/N-ethyl adjacent to an activating group) is 1. The highest BCUT2D eigenvalue weighted by Crippen LogP contribution is 2.30. The van der Waals surface area contributed by atoms with Crippen LogP contribution in [0.1, 0.15) is 42.4 Å². The van der Waals surface area contributed by atoms with E-state index in [1.165, 1.54) is 17.5 Å². The quantitative estimate of drug-likeness (QED) is 0.240. The molecule has 2 amide bonds. The van der Waals surface area contributed by atoms with Crippen LogP contribution in [0.5, 0.6) is 0 Å². The number of hydrogen-bond acceptors (Lipinski definition) is 10. The summed E-state index contributed by atoms with van der Waals surface area (Å²) in [5.41, 5.74) is 3.86. The molecule has 14 heteroatoms. The number of carbonyl (C=O) groups is 3. The molecule has 0 atom stereocenters. The summed E-state index contributed by atoms with van der Waals surface area (Å²) in [6.07, 6.45) is 3.99. The van der Waals surface area contributed by atoms with Crippen molar-refractivity contribution in [3.8, 4) is 22.4 Å². The number of aromatic nitrogens is 3. The fraction of sp³-hybridized carbons (Fsp3) is 0.323. The van der Waals surface area contributed by atoms with E-state index in [0.717, 1.165) is 26.9 Å². The minimum Gasteiger partial charge on any atom is -0.459 e. The van der Waals surface area contributed by atoms with Gasteiger partial charge in [-0.25, -0.2) is 22.4 Å². The van der Waals surface area contributed by atoms with Crippen molar-refractivity contribution >= 4 is 50.1 Å². The highest BCUT2D eigenvalue weighted by molar-refractivity contribution is 7.89. The van der Waals surface area contributed by atoms with Crippen molar-refractivity contribution < 1.29 is 27.5 Å². The Morgan fingerprint density at radius 3 is 2.42 bits per heavy atom. The summed E-state index contributed by atoms with van der Waals surface area (Å²) in [4.78, 5) is 48.2. The van der Waals surface area contributed by atoms with Crippen LogP contribution < -0.4 is 15.5 Å². The molecule has 0 saturated heterocycles. The Morgan fingerprint density at radius 2 is 1.76 bits per heavy atom. The molecule has 0 aliphatic carbocycles. The van der Waals surface area contributed by atoms with E-state index in [9.17, 15) is 22.8 Å². The summed E-state index contributed by atoms with van der Waals surface area (Å²) >= 11 is 1.25. The van der Waals surface area contributed by atoms with Gasteiger partial charge in [-0.1, -0.05) is 18.2 Å². The minimum atomic E-state index is -3.56. The van der Waals surface area contributed by atoms with Crippen LogP contribution in [0.3, 0.4) is 0 Å². The number of pyridine rings is 1. The zero-order chi connectivity index (χ0) is 33.1. The van der Waals surface area contributed by atoms with Crippen LogP contribution in [-0.4, -0.2) is 72.1 Å². The van der Waals surface area contributed by atoms with Crippen LogP contribution in [0.4, 0.5) is 10.9 Å². The second-order valence-electron chi connectivity index (χ2n) is 11.5. The number of ether oxygens (including phenoxy) is 1. The number of amides is 2. The fourth-order valence-corrected chi connectivity index (χ4v) is 6.11. The van der Waals surface area contributed by atoms with Crippen LogP contribution in [0.15, 0.2) is 54.2 Å². The van der Waals surface area contributed by atoms with E-state index in [0.29, 0.717) is 27.9 Å². The highest BCUT2D eigenvalue weighted by atomic mass is 32.2. The molecule has 1 aromatic carbocycles. The molecule has 45 heavy (non-hydrogen) atoms. The predicted octanol–water partition coefficient (Wildman–Crippen LogP) is 4.24. The normalized spacial score (nSPS) is 11.6. The molecule has 4 aromatic rings. The molecule has 12 nitrogen and oxygen atoms in total. The number of anilines is 2. The first kappa shape index (κ1) is 33.3. The first-order chi connectivity index (χ1) is 21.0. The molecule has 0 fully saturated rings. The molecular formula is C31H36N6O6S2. The Hall–Kier alpha value is -4.56. The van der Waals surface area contributed by atoms with Gasteiger partial charge >= 0.3 is 5.97 Å². The molecule has 4 rings (SSSR count). The second kappa shape index (κ2) is 13.2. The van der Waals surface area contributed by atoms with Crippen LogP contribution in [-0.2, 0) is 24.3 Å². The maximum Gasteiger partial charge on any atom is 0.326 e. The number of thiazole rings is 1. The molecule has 3 heterocycles. The number of hydrogen-bond donors (Lipinski definition) is 2. The Morgan fingerprint density at radius 1 is 1.07 bits per heavy atom. The van der Waals surface area contributed by atoms with Gasteiger partial charge in [0, 0.05) is 36.1 Å². The summed E-state index contributed by atoms with van der Waals surface area (Å²) in [5.74, 6) is -0.759. The van der Waals surface area contributed by atoms with Crippen LogP contribution in [0.2, 0.25) is 0 Å². The number of benzene rings is 1. The molecule has 0 aliphatic heterocycles. The van der Waals surface area contributed by atoms with E-state index >= 15 is 0 Å². The first-order valence-corrected chi connectivity index (χ1v) is 16.7. The second-order valence-corrected chi connectivity index (χ2v) is 14.2. The van der Waals surface area contributed by atoms with Crippen molar-refractivity contribution in [2.24, 2.45) is 0 Å². The molecule has 0 saturated carbocycles. The monoisotopic (exact) mass is 652 g/mol. The first-order valence-electron chi connectivity index (χ1n) is 13.9. The van der Waals surface area contributed by atoms with Crippen molar-refractivity contribution in [3.63, 3.8) is 0 Å². The van der Waals surface area contributed by atoms with Gasteiger partial charge in [-0.05, 0) is 69.5 Å². The van der Waals surface area contributed by atoms with Gasteiger partial charge in [0.15, 0.2) is 5.13 Å². The van der Waals surface area contributed by atoms with E-state index < -0.39 is 27.4 Å². The third-order valence-electron chi connectivity index (χ3n) is 6.70. The van der Waals surface area contributed by atoms with Crippen LogP contribution in [0.25, 0.3) is 22.4 Å². The fourth-order valence-electron chi connectivity index (χ4n) is 4.44. The van der Waals surface area contributed by atoms with Crippen LogP contribution >= 0.6 is 11.3 Å².